The number of ketones is 1. The van der Waals surface area contributed by atoms with Crippen LogP contribution >= 0.6 is 15.9 Å². The Labute approximate surface area is 215 Å². The predicted octanol–water partition coefficient (Wildman–Crippen LogP) is 5.41. The van der Waals surface area contributed by atoms with E-state index in [1.54, 1.807) is 7.11 Å². The summed E-state index contributed by atoms with van der Waals surface area (Å²) in [5, 5.41) is 10.3. The van der Waals surface area contributed by atoms with E-state index in [1.807, 2.05) is 53.4 Å². The number of hydrogen-bond donors (Lipinski definition) is 1. The summed E-state index contributed by atoms with van der Waals surface area (Å²) in [6, 6.07) is 17.9. The third-order valence-corrected chi connectivity index (χ3v) is 7.02. The highest BCUT2D eigenvalue weighted by Crippen LogP contribution is 2.50. The number of hydrogen-bond acceptors (Lipinski definition) is 6. The standard InChI is InChI=1S/C28H30BrN3O3/c1-28(2)14-22-26(23(33)15-28)25(21(16-30)27(31)32(22)11-12-34-3)20-13-19(29)9-10-24(20)35-17-18-7-5-4-6-8-18/h4-10,13,25H,11-12,14-15,17,31H2,1-3H3/t25-/m0/s1. The maximum atomic E-state index is 13.6. The lowest BCUT2D eigenvalue weighted by Gasteiger charge is -2.44. The molecule has 0 amide bonds. The van der Waals surface area contributed by atoms with Gasteiger partial charge >= 0.3 is 0 Å². The van der Waals surface area contributed by atoms with Crippen molar-refractivity contribution in [3.8, 4) is 11.8 Å². The summed E-state index contributed by atoms with van der Waals surface area (Å²) < 4.78 is 12.4. The van der Waals surface area contributed by atoms with Gasteiger partial charge in [-0.25, -0.2) is 0 Å². The molecule has 2 aromatic rings. The van der Waals surface area contributed by atoms with Crippen molar-refractivity contribution in [3.05, 3.63) is 86.8 Å². The van der Waals surface area contributed by atoms with E-state index in [4.69, 9.17) is 15.2 Å². The number of halogens is 1. The van der Waals surface area contributed by atoms with Crippen molar-refractivity contribution >= 4 is 21.7 Å². The van der Waals surface area contributed by atoms with E-state index >= 15 is 0 Å². The number of nitrogens with two attached hydrogens (primary N) is 1. The fourth-order valence-corrected chi connectivity index (χ4v) is 5.31. The Bertz CT molecular complexity index is 1230. The number of carbonyl (C=O) groups is 1. The van der Waals surface area contributed by atoms with Crippen LogP contribution in [0.15, 0.2) is 75.7 Å². The van der Waals surface area contributed by atoms with Gasteiger partial charge in [-0.3, -0.25) is 4.79 Å². The molecular formula is C28H30BrN3O3. The number of carbonyl (C=O) groups excluding carboxylic acids is 1. The number of allylic oxidation sites excluding steroid dienone is 3. The molecule has 182 valence electrons. The highest BCUT2D eigenvalue weighted by Gasteiger charge is 2.45. The van der Waals surface area contributed by atoms with Crippen LogP contribution < -0.4 is 10.5 Å². The summed E-state index contributed by atoms with van der Waals surface area (Å²) in [5.74, 6) is 0.434. The molecule has 2 aromatic carbocycles. The van der Waals surface area contributed by atoms with E-state index in [0.29, 0.717) is 55.3 Å². The fourth-order valence-electron chi connectivity index (χ4n) is 4.94. The normalized spacial score (nSPS) is 19.5. The predicted molar refractivity (Wildman–Crippen MR) is 138 cm³/mol. The number of Topliss-reactive ketones (excluding diaryl/α,β-unsaturated/α-hetero) is 1. The van der Waals surface area contributed by atoms with Gasteiger partial charge in [0.1, 0.15) is 18.2 Å². The number of nitrogens with zero attached hydrogens (tertiary/aromatic N) is 2. The van der Waals surface area contributed by atoms with Gasteiger partial charge in [0.15, 0.2) is 5.78 Å². The smallest absolute Gasteiger partial charge is 0.162 e. The quantitative estimate of drug-likeness (QED) is 0.509. The van der Waals surface area contributed by atoms with Gasteiger partial charge in [-0.15, -0.1) is 0 Å². The molecule has 7 heteroatoms. The Kier molecular flexibility index (Phi) is 7.34. The average Bonchev–Trinajstić information content (AvgIpc) is 2.82. The Balaban J connectivity index is 1.85. The SMILES string of the molecule is COCCN1C(N)=C(C#N)[C@H](c2cc(Br)ccc2OCc2ccccc2)C2=C1CC(C)(C)CC2=O. The number of methoxy groups -OCH3 is 1. The van der Waals surface area contributed by atoms with Gasteiger partial charge < -0.3 is 20.1 Å². The molecule has 0 unspecified atom stereocenters. The second kappa shape index (κ2) is 10.3. The molecule has 4 rings (SSSR count). The van der Waals surface area contributed by atoms with Crippen molar-refractivity contribution in [1.29, 1.82) is 5.26 Å². The molecule has 0 saturated heterocycles. The van der Waals surface area contributed by atoms with Crippen LogP contribution in [0, 0.1) is 16.7 Å². The first-order valence-corrected chi connectivity index (χ1v) is 12.4. The maximum absolute atomic E-state index is 13.6. The minimum Gasteiger partial charge on any atom is -0.489 e. The van der Waals surface area contributed by atoms with Crippen LogP contribution in [0.25, 0.3) is 0 Å². The Morgan fingerprint density at radius 3 is 2.63 bits per heavy atom. The van der Waals surface area contributed by atoms with E-state index in [2.05, 4.69) is 35.8 Å². The first-order valence-electron chi connectivity index (χ1n) is 11.6. The summed E-state index contributed by atoms with van der Waals surface area (Å²) in [6.45, 7) is 5.45. The second-order valence-electron chi connectivity index (χ2n) is 9.75. The molecule has 0 fully saturated rings. The van der Waals surface area contributed by atoms with Gasteiger partial charge in [-0.05, 0) is 35.6 Å². The average molecular weight is 536 g/mol. The third kappa shape index (κ3) is 5.14. The van der Waals surface area contributed by atoms with Gasteiger partial charge in [0, 0.05) is 41.4 Å². The zero-order valence-corrected chi connectivity index (χ0v) is 21.9. The zero-order chi connectivity index (χ0) is 25.2. The maximum Gasteiger partial charge on any atom is 0.162 e. The molecule has 6 nitrogen and oxygen atoms in total. The van der Waals surface area contributed by atoms with E-state index in [9.17, 15) is 10.1 Å². The lowest BCUT2D eigenvalue weighted by Crippen LogP contribution is -2.43. The molecule has 1 aliphatic carbocycles. The summed E-state index contributed by atoms with van der Waals surface area (Å²) in [5.41, 5.74) is 10.1. The zero-order valence-electron chi connectivity index (χ0n) is 20.3. The number of benzene rings is 2. The highest BCUT2D eigenvalue weighted by molar-refractivity contribution is 9.10. The molecule has 0 radical (unpaired) electrons. The Morgan fingerprint density at radius 1 is 1.20 bits per heavy atom. The molecule has 1 atom stereocenters. The summed E-state index contributed by atoms with van der Waals surface area (Å²) in [7, 11) is 1.63. The van der Waals surface area contributed by atoms with E-state index in [-0.39, 0.29) is 11.2 Å². The minimum atomic E-state index is -0.597. The third-order valence-electron chi connectivity index (χ3n) is 6.53. The van der Waals surface area contributed by atoms with Crippen LogP contribution in [0.4, 0.5) is 0 Å². The molecular weight excluding hydrogens is 506 g/mol. The van der Waals surface area contributed by atoms with Crippen LogP contribution in [-0.2, 0) is 16.1 Å². The summed E-state index contributed by atoms with van der Waals surface area (Å²) >= 11 is 3.57. The first kappa shape index (κ1) is 25.0. The van der Waals surface area contributed by atoms with Gasteiger partial charge in [0.25, 0.3) is 0 Å². The molecule has 2 N–H and O–H groups in total. The summed E-state index contributed by atoms with van der Waals surface area (Å²) in [4.78, 5) is 15.5. The van der Waals surface area contributed by atoms with Crippen molar-refractivity contribution in [2.45, 2.75) is 39.2 Å². The fraction of sp³-hybridized carbons (Fsp3) is 0.357. The van der Waals surface area contributed by atoms with Crippen molar-refractivity contribution in [2.24, 2.45) is 11.1 Å². The molecule has 2 aliphatic rings. The molecule has 1 heterocycles. The van der Waals surface area contributed by atoms with Crippen molar-refractivity contribution in [1.82, 2.24) is 4.90 Å². The molecule has 0 aromatic heterocycles. The largest absolute Gasteiger partial charge is 0.489 e. The Hall–Kier alpha value is -3.08. The lowest BCUT2D eigenvalue weighted by atomic mass is 9.68. The van der Waals surface area contributed by atoms with Gasteiger partial charge in [0.2, 0.25) is 0 Å². The molecule has 35 heavy (non-hydrogen) atoms. The van der Waals surface area contributed by atoms with Gasteiger partial charge in [-0.1, -0.05) is 60.1 Å². The number of rotatable bonds is 7. The van der Waals surface area contributed by atoms with Crippen LogP contribution in [0.3, 0.4) is 0 Å². The van der Waals surface area contributed by atoms with Gasteiger partial charge in [0.05, 0.1) is 24.2 Å². The van der Waals surface area contributed by atoms with Crippen LogP contribution in [0.2, 0.25) is 0 Å². The van der Waals surface area contributed by atoms with Crippen molar-refractivity contribution in [3.63, 3.8) is 0 Å². The molecule has 0 bridgehead atoms. The summed E-state index contributed by atoms with van der Waals surface area (Å²) in [6.07, 6.45) is 1.09. The second-order valence-corrected chi connectivity index (χ2v) is 10.7. The number of ether oxygens (including phenoxy) is 2. The first-order chi connectivity index (χ1) is 16.8. The topological polar surface area (TPSA) is 88.6 Å². The highest BCUT2D eigenvalue weighted by atomic mass is 79.9. The van der Waals surface area contributed by atoms with Crippen molar-refractivity contribution < 1.29 is 14.3 Å². The minimum absolute atomic E-state index is 0.0397. The van der Waals surface area contributed by atoms with Crippen LogP contribution in [0.5, 0.6) is 5.75 Å². The van der Waals surface area contributed by atoms with E-state index < -0.39 is 5.92 Å². The lowest BCUT2D eigenvalue weighted by molar-refractivity contribution is -0.118. The Morgan fingerprint density at radius 2 is 1.94 bits per heavy atom. The molecule has 0 saturated carbocycles. The molecule has 1 aliphatic heterocycles. The van der Waals surface area contributed by atoms with Crippen LogP contribution in [0.1, 0.15) is 43.7 Å². The van der Waals surface area contributed by atoms with E-state index in [0.717, 1.165) is 21.3 Å². The van der Waals surface area contributed by atoms with Crippen molar-refractivity contribution in [2.75, 3.05) is 20.3 Å². The number of nitriles is 1. The van der Waals surface area contributed by atoms with Gasteiger partial charge in [-0.2, -0.15) is 5.26 Å². The monoisotopic (exact) mass is 535 g/mol. The van der Waals surface area contributed by atoms with Crippen LogP contribution in [-0.4, -0.2) is 30.9 Å². The van der Waals surface area contributed by atoms with E-state index in [1.165, 1.54) is 0 Å². The molecule has 0 spiro atoms.